The number of methoxy groups -OCH3 is 2. The molecule has 1 saturated heterocycles. The Morgan fingerprint density at radius 1 is 0.970 bits per heavy atom. The van der Waals surface area contributed by atoms with E-state index in [-0.39, 0.29) is 22.8 Å². The summed E-state index contributed by atoms with van der Waals surface area (Å²) in [6, 6.07) is 4.93. The fourth-order valence-electron chi connectivity index (χ4n) is 3.24. The highest BCUT2D eigenvalue weighted by Crippen LogP contribution is 2.32. The van der Waals surface area contributed by atoms with Crippen molar-refractivity contribution in [1.29, 1.82) is 0 Å². The number of nitrogens with zero attached hydrogens (tertiary/aromatic N) is 4. The molecule has 4 rings (SSSR count). The van der Waals surface area contributed by atoms with Gasteiger partial charge in [-0.3, -0.25) is 0 Å². The third kappa shape index (κ3) is 5.20. The fraction of sp³-hybridized carbons (Fsp3) is 0.318. The molecule has 9 nitrogen and oxygen atoms in total. The average molecular weight is 459 g/mol. The molecule has 0 spiro atoms. The standard InChI is InChI=1S/C22H23F2N5O4/c1-30-17-9-18(31-2)21(24)16(20(17)23)13-33-15-11-26-22(27-12-15)28-14-3-4-19(25-10-14)29-5-7-32-8-6-29/h3-4,9-12H,5-8,13H2,1-2H3,(H,26,27,28). The summed E-state index contributed by atoms with van der Waals surface area (Å²) in [6.07, 6.45) is 4.50. The van der Waals surface area contributed by atoms with Crippen molar-refractivity contribution in [3.05, 3.63) is 54.0 Å². The van der Waals surface area contributed by atoms with E-state index in [1.165, 1.54) is 26.6 Å². The van der Waals surface area contributed by atoms with Crippen molar-refractivity contribution in [2.75, 3.05) is 50.7 Å². The Morgan fingerprint density at radius 3 is 2.21 bits per heavy atom. The number of halogens is 2. The van der Waals surface area contributed by atoms with Gasteiger partial charge < -0.3 is 29.2 Å². The molecule has 1 fully saturated rings. The number of hydrogen-bond acceptors (Lipinski definition) is 9. The van der Waals surface area contributed by atoms with E-state index in [1.807, 2.05) is 12.1 Å². The van der Waals surface area contributed by atoms with Gasteiger partial charge in [-0.2, -0.15) is 0 Å². The summed E-state index contributed by atoms with van der Waals surface area (Å²) in [4.78, 5) is 15.0. The molecule has 3 aromatic rings. The Morgan fingerprint density at radius 2 is 1.64 bits per heavy atom. The molecule has 2 aromatic heterocycles. The molecule has 3 heterocycles. The van der Waals surface area contributed by atoms with Gasteiger partial charge in [0.15, 0.2) is 28.9 Å². The van der Waals surface area contributed by atoms with Crippen LogP contribution < -0.4 is 24.4 Å². The smallest absolute Gasteiger partial charge is 0.227 e. The number of benzene rings is 1. The van der Waals surface area contributed by atoms with Crippen molar-refractivity contribution < 1.29 is 27.7 Å². The summed E-state index contributed by atoms with van der Waals surface area (Å²) >= 11 is 0. The zero-order chi connectivity index (χ0) is 23.2. The maximum atomic E-state index is 14.4. The summed E-state index contributed by atoms with van der Waals surface area (Å²) in [7, 11) is 2.57. The van der Waals surface area contributed by atoms with E-state index < -0.39 is 18.2 Å². The number of nitrogens with one attached hydrogen (secondary N) is 1. The first-order valence-electron chi connectivity index (χ1n) is 10.2. The van der Waals surface area contributed by atoms with E-state index >= 15 is 0 Å². The first kappa shape index (κ1) is 22.5. The van der Waals surface area contributed by atoms with E-state index in [0.717, 1.165) is 25.0 Å². The molecule has 0 atom stereocenters. The van der Waals surface area contributed by atoms with Crippen LogP contribution in [0.15, 0.2) is 36.8 Å². The molecule has 0 amide bonds. The Bertz CT molecular complexity index is 1050. The molecule has 1 aromatic carbocycles. The lowest BCUT2D eigenvalue weighted by atomic mass is 10.1. The summed E-state index contributed by atoms with van der Waals surface area (Å²) < 4.78 is 49.6. The van der Waals surface area contributed by atoms with Crippen molar-refractivity contribution >= 4 is 17.5 Å². The van der Waals surface area contributed by atoms with Crippen LogP contribution in [-0.4, -0.2) is 55.5 Å². The largest absolute Gasteiger partial charge is 0.494 e. The van der Waals surface area contributed by atoms with Crippen molar-refractivity contribution in [1.82, 2.24) is 15.0 Å². The molecule has 1 N–H and O–H groups in total. The van der Waals surface area contributed by atoms with Gasteiger partial charge in [-0.25, -0.2) is 23.7 Å². The normalized spacial score (nSPS) is 13.5. The predicted octanol–water partition coefficient (Wildman–Crippen LogP) is 3.33. The van der Waals surface area contributed by atoms with Crippen LogP contribution >= 0.6 is 0 Å². The molecule has 0 saturated carbocycles. The van der Waals surface area contributed by atoms with Gasteiger partial charge in [-0.1, -0.05) is 0 Å². The van der Waals surface area contributed by atoms with E-state index in [0.29, 0.717) is 24.8 Å². The number of hydrogen-bond donors (Lipinski definition) is 1. The number of anilines is 3. The van der Waals surface area contributed by atoms with Crippen LogP contribution in [0, 0.1) is 11.6 Å². The monoisotopic (exact) mass is 459 g/mol. The number of pyridine rings is 1. The van der Waals surface area contributed by atoms with E-state index in [2.05, 4.69) is 25.2 Å². The highest BCUT2D eigenvalue weighted by molar-refractivity contribution is 5.55. The van der Waals surface area contributed by atoms with Gasteiger partial charge >= 0.3 is 0 Å². The van der Waals surface area contributed by atoms with Crippen LogP contribution in [0.3, 0.4) is 0 Å². The zero-order valence-electron chi connectivity index (χ0n) is 18.2. The minimum atomic E-state index is -0.858. The second kappa shape index (κ2) is 10.3. The van der Waals surface area contributed by atoms with Gasteiger partial charge in [0.1, 0.15) is 12.4 Å². The number of morpholine rings is 1. The molecule has 0 bridgehead atoms. The third-order valence-corrected chi connectivity index (χ3v) is 5.01. The zero-order valence-corrected chi connectivity index (χ0v) is 18.2. The van der Waals surface area contributed by atoms with Gasteiger partial charge in [0.25, 0.3) is 0 Å². The molecular weight excluding hydrogens is 436 g/mol. The molecule has 0 unspecified atom stereocenters. The minimum Gasteiger partial charge on any atom is -0.494 e. The van der Waals surface area contributed by atoms with Gasteiger partial charge in [-0.05, 0) is 12.1 Å². The quantitative estimate of drug-likeness (QED) is 0.545. The van der Waals surface area contributed by atoms with Crippen molar-refractivity contribution in [2.24, 2.45) is 0 Å². The number of aromatic nitrogens is 3. The third-order valence-electron chi connectivity index (χ3n) is 5.01. The van der Waals surface area contributed by atoms with Gasteiger partial charge in [-0.15, -0.1) is 0 Å². The molecule has 33 heavy (non-hydrogen) atoms. The average Bonchev–Trinajstić information content (AvgIpc) is 2.86. The summed E-state index contributed by atoms with van der Waals surface area (Å²) in [6.45, 7) is 2.60. The highest BCUT2D eigenvalue weighted by atomic mass is 19.1. The molecule has 174 valence electrons. The van der Waals surface area contributed by atoms with Gasteiger partial charge in [0.2, 0.25) is 5.95 Å². The van der Waals surface area contributed by atoms with Crippen LogP contribution in [0.1, 0.15) is 5.56 Å². The molecule has 1 aliphatic rings. The van der Waals surface area contributed by atoms with E-state index in [1.54, 1.807) is 6.20 Å². The molecule has 0 radical (unpaired) electrons. The van der Waals surface area contributed by atoms with Crippen molar-refractivity contribution in [2.45, 2.75) is 6.61 Å². The van der Waals surface area contributed by atoms with Crippen LogP contribution in [0.4, 0.5) is 26.2 Å². The van der Waals surface area contributed by atoms with Crippen molar-refractivity contribution in [3.8, 4) is 17.2 Å². The number of rotatable bonds is 8. The maximum Gasteiger partial charge on any atom is 0.227 e. The predicted molar refractivity (Wildman–Crippen MR) is 116 cm³/mol. The van der Waals surface area contributed by atoms with E-state index in [9.17, 15) is 8.78 Å². The fourth-order valence-corrected chi connectivity index (χ4v) is 3.24. The minimum absolute atomic E-state index is 0.143. The highest BCUT2D eigenvalue weighted by Gasteiger charge is 2.20. The Kier molecular flexibility index (Phi) is 6.98. The molecule has 11 heteroatoms. The lowest BCUT2D eigenvalue weighted by molar-refractivity contribution is 0.122. The first-order chi connectivity index (χ1) is 16.1. The van der Waals surface area contributed by atoms with Crippen LogP contribution in [-0.2, 0) is 11.3 Å². The van der Waals surface area contributed by atoms with Crippen molar-refractivity contribution in [3.63, 3.8) is 0 Å². The topological polar surface area (TPSA) is 90.9 Å². The van der Waals surface area contributed by atoms with Crippen LogP contribution in [0.2, 0.25) is 0 Å². The lowest BCUT2D eigenvalue weighted by Gasteiger charge is -2.27. The first-order valence-corrected chi connectivity index (χ1v) is 10.2. The summed E-state index contributed by atoms with van der Waals surface area (Å²) in [5, 5.41) is 3.05. The second-order valence-corrected chi connectivity index (χ2v) is 7.05. The summed E-state index contributed by atoms with van der Waals surface area (Å²) in [5.41, 5.74) is 0.396. The lowest BCUT2D eigenvalue weighted by Crippen LogP contribution is -2.36. The van der Waals surface area contributed by atoms with Gasteiger partial charge in [0, 0.05) is 19.2 Å². The Hall–Kier alpha value is -3.73. The van der Waals surface area contributed by atoms with Gasteiger partial charge in [0.05, 0.1) is 57.3 Å². The van der Waals surface area contributed by atoms with Crippen LogP contribution in [0.25, 0.3) is 0 Å². The molecule has 0 aliphatic carbocycles. The summed E-state index contributed by atoms with van der Waals surface area (Å²) in [5.74, 6) is -0.564. The second-order valence-electron chi connectivity index (χ2n) is 7.05. The SMILES string of the molecule is COc1cc(OC)c(F)c(COc2cnc(Nc3ccc(N4CCOCC4)nc3)nc2)c1F. The number of ether oxygens (including phenoxy) is 4. The molecule has 1 aliphatic heterocycles. The maximum absolute atomic E-state index is 14.4. The van der Waals surface area contributed by atoms with Crippen LogP contribution in [0.5, 0.6) is 17.2 Å². The molecular formula is C22H23F2N5O4. The Labute approximate surface area is 189 Å². The Balaban J connectivity index is 1.38. The van der Waals surface area contributed by atoms with E-state index in [4.69, 9.17) is 18.9 Å².